The fourth-order valence-corrected chi connectivity index (χ4v) is 5.68. The van der Waals surface area contributed by atoms with E-state index >= 15 is 0 Å². The number of hydrogen-bond acceptors (Lipinski definition) is 9. The normalized spacial score (nSPS) is 20.1. The summed E-state index contributed by atoms with van der Waals surface area (Å²) in [6.45, 7) is 13.4. The molecule has 0 spiro atoms. The smallest absolute Gasteiger partial charge is 0.246 e. The summed E-state index contributed by atoms with van der Waals surface area (Å²) in [7, 11) is 4.01. The number of piperazine rings is 1. The highest BCUT2D eigenvalue weighted by Crippen LogP contribution is 2.46. The van der Waals surface area contributed by atoms with Gasteiger partial charge in [0.25, 0.3) is 0 Å². The molecule has 1 aliphatic heterocycles. The Morgan fingerprint density at radius 2 is 2.02 bits per heavy atom. The van der Waals surface area contributed by atoms with Gasteiger partial charge in [-0.05, 0) is 77.9 Å². The van der Waals surface area contributed by atoms with Crippen molar-refractivity contribution in [2.24, 2.45) is 5.73 Å². The number of carbonyl (C=O) groups excluding carboxylic acids is 1. The summed E-state index contributed by atoms with van der Waals surface area (Å²) in [6.07, 6.45) is 3.98. The molecule has 10 nitrogen and oxygen atoms in total. The molecule has 1 amide bonds. The number of likely N-dealkylation sites (N-methyl/N-ethyl adjacent to an activating group) is 1. The van der Waals surface area contributed by atoms with Crippen LogP contribution >= 0.6 is 0 Å². The number of nitriles is 1. The molecular weight excluding hydrogens is 518 g/mol. The fraction of sp³-hybridized carbons (Fsp3) is 0.484. The predicted molar refractivity (Wildman–Crippen MR) is 159 cm³/mol. The van der Waals surface area contributed by atoms with Crippen LogP contribution in [0.3, 0.4) is 0 Å². The lowest BCUT2D eigenvalue weighted by Crippen LogP contribution is -2.48. The highest BCUT2D eigenvalue weighted by Gasteiger charge is 2.42. The first-order chi connectivity index (χ1) is 19.6. The minimum absolute atomic E-state index is 0.0514. The highest BCUT2D eigenvalue weighted by atomic mass is 16.5. The molecule has 2 aliphatic rings. The van der Waals surface area contributed by atoms with Crippen LogP contribution in [0.25, 0.3) is 11.4 Å². The SMILES string of the molecule is C=CC(=O)N1CCN(c2cc(OCCN(C)C)cc(-c3noc(C4(C)CCCC(C)=C4/C(C#N)=C(\C)N)n3)c2)CC1. The quantitative estimate of drug-likeness (QED) is 0.358. The van der Waals surface area contributed by atoms with Crippen molar-refractivity contribution >= 4 is 11.6 Å². The van der Waals surface area contributed by atoms with E-state index in [-0.39, 0.29) is 5.91 Å². The number of ether oxygens (including phenoxy) is 1. The Morgan fingerprint density at radius 1 is 1.29 bits per heavy atom. The summed E-state index contributed by atoms with van der Waals surface area (Å²) in [5.74, 6) is 1.58. The van der Waals surface area contributed by atoms with Crippen molar-refractivity contribution < 1.29 is 14.1 Å². The van der Waals surface area contributed by atoms with E-state index < -0.39 is 5.41 Å². The van der Waals surface area contributed by atoms with E-state index in [9.17, 15) is 10.1 Å². The monoisotopic (exact) mass is 559 g/mol. The molecule has 1 atom stereocenters. The minimum atomic E-state index is -0.629. The van der Waals surface area contributed by atoms with Crippen molar-refractivity contribution in [3.8, 4) is 23.2 Å². The Bertz CT molecular complexity index is 1390. The van der Waals surface area contributed by atoms with E-state index in [1.165, 1.54) is 6.08 Å². The first-order valence-electron chi connectivity index (χ1n) is 14.1. The Hall–Kier alpha value is -4.10. The number of benzene rings is 1. The summed E-state index contributed by atoms with van der Waals surface area (Å²) in [4.78, 5) is 23.1. The standard InChI is InChI=1S/C31H41N7O3/c1-7-27(39)38-13-11-37(12-14-38)24-17-23(18-25(19-24)40-16-15-36(5)6)29-34-30(41-35-29)31(4)10-8-9-21(2)28(31)26(20-32)22(3)33/h7,17-19H,1,8-16,33H2,2-6H3/b26-22+. The number of hydrogen-bond donors (Lipinski definition) is 1. The molecule has 1 unspecified atom stereocenters. The minimum Gasteiger partial charge on any atom is -0.492 e. The topological polar surface area (TPSA) is 125 Å². The van der Waals surface area contributed by atoms with Crippen molar-refractivity contribution in [2.75, 3.05) is 58.3 Å². The molecule has 1 aliphatic carbocycles. The molecule has 1 aromatic heterocycles. The zero-order valence-electron chi connectivity index (χ0n) is 24.9. The third kappa shape index (κ3) is 6.46. The van der Waals surface area contributed by atoms with Gasteiger partial charge in [0, 0.05) is 55.7 Å². The molecule has 1 fully saturated rings. The Labute approximate surface area is 242 Å². The van der Waals surface area contributed by atoms with Crippen molar-refractivity contribution in [3.05, 3.63) is 59.2 Å². The number of nitrogens with zero attached hydrogens (tertiary/aromatic N) is 6. The van der Waals surface area contributed by atoms with Crippen molar-refractivity contribution in [3.63, 3.8) is 0 Å². The van der Waals surface area contributed by atoms with Gasteiger partial charge in [0.05, 0.1) is 11.0 Å². The van der Waals surface area contributed by atoms with E-state index in [0.717, 1.165) is 48.2 Å². The second-order valence-corrected chi connectivity index (χ2v) is 11.3. The third-order valence-electron chi connectivity index (χ3n) is 7.95. The lowest BCUT2D eigenvalue weighted by atomic mass is 9.68. The van der Waals surface area contributed by atoms with Crippen LogP contribution < -0.4 is 15.4 Å². The summed E-state index contributed by atoms with van der Waals surface area (Å²) in [5.41, 5.74) is 10.2. The van der Waals surface area contributed by atoms with Gasteiger partial charge in [0.15, 0.2) is 0 Å². The highest BCUT2D eigenvalue weighted by molar-refractivity contribution is 5.87. The molecule has 10 heteroatoms. The molecule has 1 saturated heterocycles. The van der Waals surface area contributed by atoms with Gasteiger partial charge in [-0.3, -0.25) is 4.79 Å². The van der Waals surface area contributed by atoms with Crippen molar-refractivity contribution in [1.82, 2.24) is 19.9 Å². The zero-order chi connectivity index (χ0) is 29.7. The number of rotatable bonds is 9. The van der Waals surface area contributed by atoms with Crippen LogP contribution in [0.1, 0.15) is 45.9 Å². The molecule has 0 bridgehead atoms. The Morgan fingerprint density at radius 3 is 2.66 bits per heavy atom. The van der Waals surface area contributed by atoms with E-state index in [1.54, 1.807) is 11.8 Å². The van der Waals surface area contributed by atoms with Gasteiger partial charge in [-0.2, -0.15) is 10.2 Å². The number of anilines is 1. The van der Waals surface area contributed by atoms with Crippen molar-refractivity contribution in [1.29, 1.82) is 5.26 Å². The molecule has 4 rings (SSSR count). The molecule has 1 aromatic carbocycles. The number of aromatic nitrogens is 2. The van der Waals surface area contributed by atoms with Gasteiger partial charge in [0.2, 0.25) is 17.6 Å². The summed E-state index contributed by atoms with van der Waals surface area (Å²) in [5, 5.41) is 14.3. The number of allylic oxidation sites excluding steroid dienone is 4. The second-order valence-electron chi connectivity index (χ2n) is 11.3. The van der Waals surface area contributed by atoms with E-state index in [4.69, 9.17) is 20.0 Å². The molecule has 218 valence electrons. The van der Waals surface area contributed by atoms with Crippen LogP contribution in [0.15, 0.2) is 57.8 Å². The maximum Gasteiger partial charge on any atom is 0.246 e. The molecule has 41 heavy (non-hydrogen) atoms. The van der Waals surface area contributed by atoms with Gasteiger partial charge in [-0.1, -0.05) is 17.3 Å². The van der Waals surface area contributed by atoms with Gasteiger partial charge in [-0.15, -0.1) is 0 Å². The van der Waals surface area contributed by atoms with Crippen LogP contribution in [0.4, 0.5) is 5.69 Å². The molecule has 0 saturated carbocycles. The number of carbonyl (C=O) groups is 1. The average molecular weight is 560 g/mol. The molecule has 0 radical (unpaired) electrons. The maximum absolute atomic E-state index is 12.1. The van der Waals surface area contributed by atoms with Gasteiger partial charge < -0.3 is 29.7 Å². The first kappa shape index (κ1) is 29.9. The maximum atomic E-state index is 12.1. The summed E-state index contributed by atoms with van der Waals surface area (Å²) >= 11 is 0. The van der Waals surface area contributed by atoms with E-state index in [0.29, 0.717) is 61.5 Å². The number of amides is 1. The van der Waals surface area contributed by atoms with Gasteiger partial charge in [0.1, 0.15) is 18.4 Å². The van der Waals surface area contributed by atoms with Crippen LogP contribution in [0.5, 0.6) is 5.75 Å². The van der Waals surface area contributed by atoms with Gasteiger partial charge >= 0.3 is 0 Å². The van der Waals surface area contributed by atoms with Crippen LogP contribution in [0.2, 0.25) is 0 Å². The molecule has 2 heterocycles. The Kier molecular flexibility index (Phi) is 9.18. The number of nitrogens with two attached hydrogens (primary N) is 1. The second kappa shape index (κ2) is 12.6. The zero-order valence-corrected chi connectivity index (χ0v) is 24.9. The van der Waals surface area contributed by atoms with E-state index in [2.05, 4.69) is 34.5 Å². The summed E-state index contributed by atoms with van der Waals surface area (Å²) in [6, 6.07) is 8.30. The molecular formula is C31H41N7O3. The third-order valence-corrected chi connectivity index (χ3v) is 7.95. The lowest BCUT2D eigenvalue weighted by Gasteiger charge is -2.36. The Balaban J connectivity index is 1.69. The molecule has 2 N–H and O–H groups in total. The molecule has 2 aromatic rings. The lowest BCUT2D eigenvalue weighted by molar-refractivity contribution is -0.126. The summed E-state index contributed by atoms with van der Waals surface area (Å²) < 4.78 is 12.1. The van der Waals surface area contributed by atoms with Crippen LogP contribution in [0, 0.1) is 11.3 Å². The first-order valence-corrected chi connectivity index (χ1v) is 14.1. The van der Waals surface area contributed by atoms with Gasteiger partial charge in [-0.25, -0.2) is 0 Å². The van der Waals surface area contributed by atoms with Crippen LogP contribution in [-0.2, 0) is 10.2 Å². The van der Waals surface area contributed by atoms with Crippen LogP contribution in [-0.4, -0.2) is 79.3 Å². The average Bonchev–Trinajstić information content (AvgIpc) is 3.46. The fourth-order valence-electron chi connectivity index (χ4n) is 5.68. The van der Waals surface area contributed by atoms with E-state index in [1.807, 2.05) is 39.2 Å². The van der Waals surface area contributed by atoms with Crippen molar-refractivity contribution in [2.45, 2.75) is 45.4 Å². The predicted octanol–water partition coefficient (Wildman–Crippen LogP) is 4.03. The largest absolute Gasteiger partial charge is 0.492 e.